The Bertz CT molecular complexity index is 628. The third-order valence-electron chi connectivity index (χ3n) is 4.00. The van der Waals surface area contributed by atoms with Crippen molar-refractivity contribution in [1.29, 1.82) is 0 Å². The molecule has 2 aromatic rings. The van der Waals surface area contributed by atoms with E-state index in [1.54, 1.807) is 0 Å². The molecule has 0 fully saturated rings. The van der Waals surface area contributed by atoms with Crippen LogP contribution in [-0.4, -0.2) is 11.0 Å². The van der Waals surface area contributed by atoms with Gasteiger partial charge in [0.1, 0.15) is 0 Å². The second-order valence-corrected chi connectivity index (χ2v) is 5.96. The zero-order chi connectivity index (χ0) is 16.7. The van der Waals surface area contributed by atoms with Crippen molar-refractivity contribution in [3.05, 3.63) is 71.7 Å². The van der Waals surface area contributed by atoms with Crippen LogP contribution in [0.15, 0.2) is 53.1 Å². The van der Waals surface area contributed by atoms with Gasteiger partial charge in [-0.1, -0.05) is 46.6 Å². The zero-order valence-corrected chi connectivity index (χ0v) is 19.4. The summed E-state index contributed by atoms with van der Waals surface area (Å²) in [4.78, 5) is 0. The molecular weight excluding hydrogens is 384 g/mol. The van der Waals surface area contributed by atoms with Gasteiger partial charge < -0.3 is 6.92 Å². The first-order valence-corrected chi connectivity index (χ1v) is 8.09. The van der Waals surface area contributed by atoms with Crippen LogP contribution in [0.5, 0.6) is 0 Å². The first kappa shape index (κ1) is 25.6. The molecule has 0 aliphatic heterocycles. The minimum atomic E-state index is 0. The van der Waals surface area contributed by atoms with Crippen LogP contribution in [0, 0.1) is 25.8 Å². The topological polar surface area (TPSA) is 0 Å². The zero-order valence-electron chi connectivity index (χ0n) is 16.0. The standard InChI is InChI=1S/C10H9.C9H13.C3H7.Si.Zr/c1-8-6-9-4-2-3-5-10(9)7-8;1-6-5-7(2)9(4)8(6)3;1-3-2;;/h2-7H,1H3;6H,1-4H3;1,3H2,2H3;;/q3*-1;;+3. The van der Waals surface area contributed by atoms with Gasteiger partial charge in [0.15, 0.2) is 0 Å². The molecule has 0 amide bonds. The Hall–Kier alpha value is -0.590. The molecule has 1 atom stereocenters. The third-order valence-corrected chi connectivity index (χ3v) is 4.00. The normalized spacial score (nSPS) is 15.3. The van der Waals surface area contributed by atoms with Crippen LogP contribution < -0.4 is 0 Å². The second-order valence-electron chi connectivity index (χ2n) is 5.96. The molecule has 5 radical (unpaired) electrons. The van der Waals surface area contributed by atoms with Crippen LogP contribution in [0.25, 0.3) is 10.8 Å². The summed E-state index contributed by atoms with van der Waals surface area (Å²) in [5.74, 6) is 0.560. The molecule has 0 saturated carbocycles. The number of fused-ring (bicyclic) bond motifs is 1. The molecule has 1 aliphatic carbocycles. The smallest absolute Gasteiger partial charge is 0.344 e. The van der Waals surface area contributed by atoms with Gasteiger partial charge in [0.2, 0.25) is 0 Å². The maximum Gasteiger partial charge on any atom is 3.00 e. The van der Waals surface area contributed by atoms with E-state index in [9.17, 15) is 0 Å². The molecule has 125 valence electrons. The Morgan fingerprint density at radius 3 is 2.04 bits per heavy atom. The van der Waals surface area contributed by atoms with Gasteiger partial charge in [0.05, 0.1) is 0 Å². The monoisotopic (exact) mass is 411 g/mol. The molecule has 0 bridgehead atoms. The fraction of sp³-hybridized carbons (Fsp3) is 0.364. The Morgan fingerprint density at radius 1 is 1.12 bits per heavy atom. The molecule has 2 aromatic carbocycles. The first-order chi connectivity index (χ1) is 10.4. The van der Waals surface area contributed by atoms with Crippen molar-refractivity contribution in [1.82, 2.24) is 0 Å². The molecule has 3 rings (SSSR count). The fourth-order valence-electron chi connectivity index (χ4n) is 2.47. The molecule has 0 aromatic heterocycles. The summed E-state index contributed by atoms with van der Waals surface area (Å²) in [7, 11) is 0. The summed E-state index contributed by atoms with van der Waals surface area (Å²) in [6, 6.07) is 12.8. The third kappa shape index (κ3) is 7.53. The molecular formula is C22H29SiZr. The van der Waals surface area contributed by atoms with Crippen LogP contribution in [0.4, 0.5) is 0 Å². The predicted octanol–water partition coefficient (Wildman–Crippen LogP) is 6.44. The van der Waals surface area contributed by atoms with Crippen molar-refractivity contribution in [2.75, 3.05) is 0 Å². The van der Waals surface area contributed by atoms with Crippen LogP contribution in [-0.2, 0) is 26.2 Å². The molecule has 0 nitrogen and oxygen atoms in total. The average molecular weight is 413 g/mol. The van der Waals surface area contributed by atoms with Crippen LogP contribution in [0.2, 0.25) is 0 Å². The van der Waals surface area contributed by atoms with Crippen molar-refractivity contribution in [2.45, 2.75) is 48.0 Å². The van der Waals surface area contributed by atoms with E-state index in [4.69, 9.17) is 0 Å². The Morgan fingerprint density at radius 2 is 1.67 bits per heavy atom. The summed E-state index contributed by atoms with van der Waals surface area (Å²) in [5, 5.41) is 2.69. The predicted molar refractivity (Wildman–Crippen MR) is 106 cm³/mol. The van der Waals surface area contributed by atoms with Gasteiger partial charge in [-0.05, 0) is 0 Å². The Balaban J connectivity index is 0. The van der Waals surface area contributed by atoms with Crippen molar-refractivity contribution in [3.8, 4) is 0 Å². The van der Waals surface area contributed by atoms with E-state index in [2.05, 4.69) is 84.0 Å². The van der Waals surface area contributed by atoms with E-state index < -0.39 is 0 Å². The van der Waals surface area contributed by atoms with Gasteiger partial charge >= 0.3 is 26.2 Å². The minimum Gasteiger partial charge on any atom is -0.344 e. The molecule has 0 spiro atoms. The van der Waals surface area contributed by atoms with Crippen molar-refractivity contribution < 1.29 is 26.2 Å². The molecule has 24 heavy (non-hydrogen) atoms. The maximum absolute atomic E-state index is 3.49. The molecule has 1 unspecified atom stereocenters. The Labute approximate surface area is 172 Å². The van der Waals surface area contributed by atoms with E-state index in [-0.39, 0.29) is 37.2 Å². The molecule has 0 heterocycles. The fourth-order valence-corrected chi connectivity index (χ4v) is 2.47. The summed E-state index contributed by atoms with van der Waals surface area (Å²) < 4.78 is 0. The summed E-state index contributed by atoms with van der Waals surface area (Å²) in [6.07, 6.45) is 4.36. The van der Waals surface area contributed by atoms with E-state index in [1.807, 2.05) is 6.92 Å². The molecule has 2 heteroatoms. The van der Waals surface area contributed by atoms with E-state index in [0.717, 1.165) is 6.42 Å². The molecule has 0 saturated heterocycles. The van der Waals surface area contributed by atoms with E-state index in [1.165, 1.54) is 33.1 Å². The van der Waals surface area contributed by atoms with Gasteiger partial charge in [0.25, 0.3) is 0 Å². The largest absolute Gasteiger partial charge is 3.00 e. The van der Waals surface area contributed by atoms with Crippen LogP contribution in [0.3, 0.4) is 0 Å². The van der Waals surface area contributed by atoms with Crippen LogP contribution in [0.1, 0.15) is 46.6 Å². The van der Waals surface area contributed by atoms with Gasteiger partial charge in [-0.2, -0.15) is 23.6 Å². The van der Waals surface area contributed by atoms with Gasteiger partial charge in [-0.15, -0.1) is 47.5 Å². The molecule has 0 N–H and O–H groups in total. The summed E-state index contributed by atoms with van der Waals surface area (Å²) in [6.45, 7) is 16.3. The Kier molecular flexibility index (Phi) is 13.6. The van der Waals surface area contributed by atoms with E-state index in [0.29, 0.717) is 5.92 Å². The SMILES string of the molecule is CC1=[C-]C(C)C(C)=C1C.Cc1cc2ccccc2[cH-]1.[CH2-]CC.[Si].[Zr+3]. The van der Waals surface area contributed by atoms with E-state index >= 15 is 0 Å². The maximum atomic E-state index is 3.49. The van der Waals surface area contributed by atoms with Gasteiger partial charge in [-0.3, -0.25) is 6.08 Å². The molecule has 1 aliphatic rings. The number of hydrogen-bond acceptors (Lipinski definition) is 0. The van der Waals surface area contributed by atoms with Crippen molar-refractivity contribution in [2.24, 2.45) is 5.92 Å². The van der Waals surface area contributed by atoms with Gasteiger partial charge in [0, 0.05) is 11.0 Å². The summed E-state index contributed by atoms with van der Waals surface area (Å²) in [5.41, 5.74) is 5.59. The van der Waals surface area contributed by atoms with Crippen molar-refractivity contribution in [3.63, 3.8) is 0 Å². The number of allylic oxidation sites excluding steroid dienone is 4. The van der Waals surface area contributed by atoms with Crippen molar-refractivity contribution >= 4 is 21.7 Å². The number of hydrogen-bond donors (Lipinski definition) is 0. The second kappa shape index (κ2) is 12.7. The summed E-state index contributed by atoms with van der Waals surface area (Å²) >= 11 is 0. The quantitative estimate of drug-likeness (QED) is 0.345. The van der Waals surface area contributed by atoms with Crippen LogP contribution >= 0.6 is 0 Å². The number of rotatable bonds is 0. The average Bonchev–Trinajstić information content (AvgIpc) is 2.95. The van der Waals surface area contributed by atoms with Gasteiger partial charge in [-0.25, -0.2) is 5.57 Å². The number of benzene rings is 1. The number of aryl methyl sites for hydroxylation is 1. The minimum absolute atomic E-state index is 0. The first-order valence-electron chi connectivity index (χ1n) is 8.09.